The van der Waals surface area contributed by atoms with Gasteiger partial charge in [-0.3, -0.25) is 9.78 Å². The maximum absolute atomic E-state index is 13.1. The third kappa shape index (κ3) is 4.95. The van der Waals surface area contributed by atoms with Crippen LogP contribution in [0.5, 0.6) is 17.2 Å². The molecule has 0 amide bonds. The average Bonchev–Trinajstić information content (AvgIpc) is 3.13. The molecular weight excluding hydrogens is 457 g/mol. The average molecular weight is 473 g/mol. The van der Waals surface area contributed by atoms with E-state index in [0.29, 0.717) is 37.0 Å². The molecule has 152 valence electrons. The molecule has 0 fully saturated rings. The predicted molar refractivity (Wildman–Crippen MR) is 115 cm³/mol. The number of thiophene rings is 1. The zero-order valence-corrected chi connectivity index (χ0v) is 18.6. The molecule has 3 rings (SSSR count). The molecule has 0 aliphatic rings. The molecule has 9 heteroatoms. The summed E-state index contributed by atoms with van der Waals surface area (Å²) in [5, 5.41) is 0.643. The van der Waals surface area contributed by atoms with Crippen molar-refractivity contribution in [3.8, 4) is 17.2 Å². The number of ketones is 1. The van der Waals surface area contributed by atoms with Gasteiger partial charge < -0.3 is 14.2 Å². The number of halogens is 3. The molecule has 0 spiro atoms. The minimum atomic E-state index is -0.236. The zero-order chi connectivity index (χ0) is 21.0. The lowest BCUT2D eigenvalue weighted by Crippen LogP contribution is -2.09. The van der Waals surface area contributed by atoms with E-state index >= 15 is 0 Å². The Kier molecular flexibility index (Phi) is 7.24. The van der Waals surface area contributed by atoms with Crippen molar-refractivity contribution < 1.29 is 19.0 Å². The first-order chi connectivity index (χ1) is 13.9. The van der Waals surface area contributed by atoms with Gasteiger partial charge in [-0.2, -0.15) is 0 Å². The minimum absolute atomic E-state index is 0.0170. The van der Waals surface area contributed by atoms with Crippen LogP contribution >= 0.6 is 46.1 Å². The van der Waals surface area contributed by atoms with Crippen molar-refractivity contribution in [2.75, 3.05) is 14.2 Å². The normalized spacial score (nSPS) is 10.7. The molecule has 2 heterocycles. The van der Waals surface area contributed by atoms with E-state index in [4.69, 9.17) is 49.0 Å². The fourth-order valence-corrected chi connectivity index (χ4v) is 4.20. The van der Waals surface area contributed by atoms with E-state index in [1.165, 1.54) is 38.0 Å². The first-order valence-corrected chi connectivity index (χ1v) is 10.3. The highest BCUT2D eigenvalue weighted by Gasteiger charge is 2.23. The van der Waals surface area contributed by atoms with Crippen molar-refractivity contribution in [1.82, 2.24) is 4.98 Å². The van der Waals surface area contributed by atoms with Crippen molar-refractivity contribution in [2.45, 2.75) is 13.0 Å². The Balaban J connectivity index is 1.97. The van der Waals surface area contributed by atoms with Crippen molar-refractivity contribution >= 4 is 51.9 Å². The zero-order valence-electron chi connectivity index (χ0n) is 15.5. The largest absolute Gasteiger partial charge is 0.493 e. The minimum Gasteiger partial charge on any atom is -0.493 e. The van der Waals surface area contributed by atoms with Gasteiger partial charge in [0.2, 0.25) is 5.75 Å². The predicted octanol–water partition coefficient (Wildman–Crippen LogP) is 6.12. The maximum atomic E-state index is 13.1. The lowest BCUT2D eigenvalue weighted by atomic mass is 10.0. The molecule has 29 heavy (non-hydrogen) atoms. The molecule has 0 bridgehead atoms. The molecule has 0 atom stereocenters. The molecule has 0 N–H and O–H groups in total. The lowest BCUT2D eigenvalue weighted by molar-refractivity contribution is 0.0987. The fraction of sp³-hybridized carbons (Fsp3) is 0.200. The number of Topliss-reactive ketones (excluding diaryl/α,β-unsaturated/α-hetero) is 1. The number of rotatable bonds is 8. The molecule has 0 saturated carbocycles. The van der Waals surface area contributed by atoms with Gasteiger partial charge in [0.25, 0.3) is 0 Å². The Morgan fingerprint density at radius 2 is 1.72 bits per heavy atom. The van der Waals surface area contributed by atoms with E-state index in [-0.39, 0.29) is 24.6 Å². The number of benzene rings is 1. The molecule has 0 radical (unpaired) electrons. The van der Waals surface area contributed by atoms with Gasteiger partial charge in [0, 0.05) is 29.3 Å². The number of hydrogen-bond acceptors (Lipinski definition) is 6. The monoisotopic (exact) mass is 471 g/mol. The van der Waals surface area contributed by atoms with Crippen molar-refractivity contribution in [2.24, 2.45) is 0 Å². The molecule has 0 unspecified atom stereocenters. The maximum Gasteiger partial charge on any atom is 0.204 e. The van der Waals surface area contributed by atoms with E-state index < -0.39 is 0 Å². The SMILES string of the molecule is COc1ccc(C(=O)Cc2c(Cl)cncc2Cl)c(OCc2ccc(Cl)s2)c1OC. The van der Waals surface area contributed by atoms with Crippen molar-refractivity contribution in [3.63, 3.8) is 0 Å². The van der Waals surface area contributed by atoms with Crippen LogP contribution in [0.15, 0.2) is 36.7 Å². The molecule has 0 aliphatic carbocycles. The topological polar surface area (TPSA) is 57.7 Å². The summed E-state index contributed by atoms with van der Waals surface area (Å²) in [7, 11) is 3.00. The molecule has 0 saturated heterocycles. The molecule has 3 aromatic rings. The van der Waals surface area contributed by atoms with E-state index in [2.05, 4.69) is 4.98 Å². The lowest BCUT2D eigenvalue weighted by Gasteiger charge is -2.17. The highest BCUT2D eigenvalue weighted by atomic mass is 35.5. The summed E-state index contributed by atoms with van der Waals surface area (Å²) in [5.74, 6) is 0.819. The van der Waals surface area contributed by atoms with Crippen LogP contribution in [0, 0.1) is 0 Å². The molecular formula is C20H16Cl3NO4S. The van der Waals surface area contributed by atoms with E-state index in [1.54, 1.807) is 18.2 Å². The molecule has 5 nitrogen and oxygen atoms in total. The van der Waals surface area contributed by atoms with Crippen LogP contribution in [-0.4, -0.2) is 25.0 Å². The van der Waals surface area contributed by atoms with E-state index in [0.717, 1.165) is 4.88 Å². The van der Waals surface area contributed by atoms with Gasteiger partial charge >= 0.3 is 0 Å². The third-order valence-corrected chi connectivity index (χ3v) is 5.93. The van der Waals surface area contributed by atoms with E-state index in [9.17, 15) is 4.79 Å². The molecule has 2 aromatic heterocycles. The first kappa shape index (κ1) is 21.7. The number of carbonyl (C=O) groups is 1. The number of nitrogens with zero attached hydrogens (tertiary/aromatic N) is 1. The summed E-state index contributed by atoms with van der Waals surface area (Å²) >= 11 is 19.7. The Bertz CT molecular complexity index is 1020. The summed E-state index contributed by atoms with van der Waals surface area (Å²) < 4.78 is 17.4. The second-order valence-electron chi connectivity index (χ2n) is 5.85. The van der Waals surface area contributed by atoms with Crippen molar-refractivity contribution in [3.05, 3.63) is 67.0 Å². The number of hydrogen-bond donors (Lipinski definition) is 0. The Morgan fingerprint density at radius 1 is 1.00 bits per heavy atom. The quantitative estimate of drug-likeness (QED) is 0.369. The highest BCUT2D eigenvalue weighted by Crippen LogP contribution is 2.41. The first-order valence-electron chi connectivity index (χ1n) is 8.37. The van der Waals surface area contributed by atoms with Gasteiger partial charge in [0.1, 0.15) is 6.61 Å². The molecule has 1 aromatic carbocycles. The van der Waals surface area contributed by atoms with Gasteiger partial charge in [-0.1, -0.05) is 34.8 Å². The number of aromatic nitrogens is 1. The van der Waals surface area contributed by atoms with Crippen LogP contribution in [0.4, 0.5) is 0 Å². The van der Waals surface area contributed by atoms with Gasteiger partial charge in [0.15, 0.2) is 17.3 Å². The standard InChI is InChI=1S/C20H16Cl3NO4S/c1-26-17-5-4-12(16(25)7-13-14(21)8-24-9-15(13)22)19(20(17)27-2)28-10-11-3-6-18(23)29-11/h3-6,8-9H,7,10H2,1-2H3. The van der Waals surface area contributed by atoms with Crippen molar-refractivity contribution in [1.29, 1.82) is 0 Å². The fourth-order valence-electron chi connectivity index (χ4n) is 2.70. The smallest absolute Gasteiger partial charge is 0.204 e. The van der Waals surface area contributed by atoms with E-state index in [1.807, 2.05) is 6.07 Å². The Labute approximate surface area is 187 Å². The third-order valence-electron chi connectivity index (χ3n) is 4.08. The van der Waals surface area contributed by atoms with Gasteiger partial charge in [-0.05, 0) is 24.3 Å². The Morgan fingerprint density at radius 3 is 2.31 bits per heavy atom. The van der Waals surface area contributed by atoms with Gasteiger partial charge in [-0.25, -0.2) is 0 Å². The number of carbonyl (C=O) groups excluding carboxylic acids is 1. The summed E-state index contributed by atoms with van der Waals surface area (Å²) in [6.45, 7) is 0.220. The summed E-state index contributed by atoms with van der Waals surface area (Å²) in [6, 6.07) is 6.92. The number of methoxy groups -OCH3 is 2. The summed E-state index contributed by atoms with van der Waals surface area (Å²) in [4.78, 5) is 17.9. The van der Waals surface area contributed by atoms with Gasteiger partial charge in [-0.15, -0.1) is 11.3 Å². The second kappa shape index (κ2) is 9.67. The molecule has 0 aliphatic heterocycles. The summed E-state index contributed by atoms with van der Waals surface area (Å²) in [6.07, 6.45) is 2.88. The van der Waals surface area contributed by atoms with Crippen LogP contribution in [0.25, 0.3) is 0 Å². The Hall–Kier alpha value is -1.99. The second-order valence-corrected chi connectivity index (χ2v) is 8.47. The van der Waals surface area contributed by atoms with Crippen LogP contribution in [0.1, 0.15) is 20.8 Å². The van der Waals surface area contributed by atoms with Gasteiger partial charge in [0.05, 0.1) is 34.2 Å². The van der Waals surface area contributed by atoms with Crippen LogP contribution < -0.4 is 14.2 Å². The van der Waals surface area contributed by atoms with Crippen LogP contribution in [0.2, 0.25) is 14.4 Å². The van der Waals surface area contributed by atoms with Crippen LogP contribution in [-0.2, 0) is 13.0 Å². The number of pyridine rings is 1. The van der Waals surface area contributed by atoms with Crippen LogP contribution in [0.3, 0.4) is 0 Å². The number of ether oxygens (including phenoxy) is 3. The highest BCUT2D eigenvalue weighted by molar-refractivity contribution is 7.16. The summed E-state index contributed by atoms with van der Waals surface area (Å²) in [5.41, 5.74) is 0.827.